The zero-order valence-corrected chi connectivity index (χ0v) is 12.7. The van der Waals surface area contributed by atoms with Crippen LogP contribution in [0.25, 0.3) is 0 Å². The second kappa shape index (κ2) is 6.39. The molecular weight excluding hydrogens is 288 g/mol. The van der Waals surface area contributed by atoms with Crippen LogP contribution in [0.5, 0.6) is 0 Å². The Morgan fingerprint density at radius 3 is 2.40 bits per heavy atom. The van der Waals surface area contributed by atoms with E-state index in [0.717, 1.165) is 17.0 Å². The lowest BCUT2D eigenvalue weighted by Gasteiger charge is -2.28. The second-order valence-electron chi connectivity index (χ2n) is 5.25. The number of amides is 1. The van der Waals surface area contributed by atoms with Crippen LogP contribution < -0.4 is 4.90 Å². The summed E-state index contributed by atoms with van der Waals surface area (Å²) in [4.78, 5) is 13.2. The Bertz CT molecular complexity index is 501. The molecule has 0 aliphatic carbocycles. The molecule has 0 saturated heterocycles. The van der Waals surface area contributed by atoms with E-state index in [1.54, 1.807) is 27.7 Å². The van der Waals surface area contributed by atoms with Gasteiger partial charge in [0.15, 0.2) is 0 Å². The maximum atomic E-state index is 14.0. The van der Waals surface area contributed by atoms with Crippen LogP contribution in [0.4, 0.5) is 19.3 Å². The molecule has 0 aliphatic heterocycles. The average molecular weight is 306 g/mol. The first-order valence-corrected chi connectivity index (χ1v) is 6.77. The van der Waals surface area contributed by atoms with E-state index in [9.17, 15) is 13.6 Å². The zero-order valence-electron chi connectivity index (χ0n) is 12.0. The van der Waals surface area contributed by atoms with E-state index in [-0.39, 0.29) is 23.7 Å². The highest BCUT2D eigenvalue weighted by molar-refractivity contribution is 6.17. The fraction of sp³-hybridized carbons (Fsp3) is 0.500. The predicted molar refractivity (Wildman–Crippen MR) is 75.2 cm³/mol. The Labute approximate surface area is 122 Å². The molecule has 0 aromatic heterocycles. The lowest BCUT2D eigenvalue weighted by atomic mass is 10.1. The minimum absolute atomic E-state index is 0.0434. The molecule has 6 heteroatoms. The molecule has 0 radical (unpaired) electrons. The lowest BCUT2D eigenvalue weighted by Crippen LogP contribution is -2.37. The number of hydrogen-bond donors (Lipinski definition) is 0. The largest absolute Gasteiger partial charge is 0.443 e. The van der Waals surface area contributed by atoms with Crippen molar-refractivity contribution in [3.63, 3.8) is 0 Å². The third kappa shape index (κ3) is 4.07. The van der Waals surface area contributed by atoms with E-state index in [2.05, 4.69) is 0 Å². The first-order valence-electron chi connectivity index (χ1n) is 6.24. The van der Waals surface area contributed by atoms with Crippen LogP contribution in [0.3, 0.4) is 0 Å². The Morgan fingerprint density at radius 2 is 1.95 bits per heavy atom. The topological polar surface area (TPSA) is 29.5 Å². The van der Waals surface area contributed by atoms with Crippen LogP contribution in [-0.2, 0) is 10.6 Å². The fourth-order valence-electron chi connectivity index (χ4n) is 1.72. The first kappa shape index (κ1) is 16.7. The van der Waals surface area contributed by atoms with Crippen molar-refractivity contribution in [2.75, 3.05) is 11.4 Å². The van der Waals surface area contributed by atoms with E-state index >= 15 is 0 Å². The standard InChI is InChI=1S/C14H18ClF2NO2/c1-5-18(13(19)20-14(2,3)4)12-9(8-15)6-10(16)7-11(12)17/h6-7H,5,8H2,1-4H3. The maximum absolute atomic E-state index is 14.0. The van der Waals surface area contributed by atoms with Gasteiger partial charge in [0.25, 0.3) is 0 Å². The molecule has 0 unspecified atom stereocenters. The molecule has 0 atom stereocenters. The summed E-state index contributed by atoms with van der Waals surface area (Å²) in [6, 6.07) is 1.83. The monoisotopic (exact) mass is 305 g/mol. The number of carbonyl (C=O) groups is 1. The Balaban J connectivity index is 3.22. The van der Waals surface area contributed by atoms with Crippen molar-refractivity contribution in [3.8, 4) is 0 Å². The fourth-order valence-corrected chi connectivity index (χ4v) is 1.92. The number of ether oxygens (including phenoxy) is 1. The van der Waals surface area contributed by atoms with Gasteiger partial charge >= 0.3 is 6.09 Å². The molecule has 0 saturated carbocycles. The molecule has 20 heavy (non-hydrogen) atoms. The highest BCUT2D eigenvalue weighted by Gasteiger charge is 2.26. The summed E-state index contributed by atoms with van der Waals surface area (Å²) in [7, 11) is 0. The minimum atomic E-state index is -0.839. The van der Waals surface area contributed by atoms with Crippen molar-refractivity contribution in [3.05, 3.63) is 29.3 Å². The predicted octanol–water partition coefficient (Wildman–Crippen LogP) is 4.47. The van der Waals surface area contributed by atoms with Gasteiger partial charge in [-0.1, -0.05) is 0 Å². The summed E-state index contributed by atoms with van der Waals surface area (Å²) in [5.41, 5.74) is -0.544. The number of nitrogens with zero attached hydrogens (tertiary/aromatic N) is 1. The van der Waals surface area contributed by atoms with Crippen LogP contribution in [0.1, 0.15) is 33.3 Å². The Morgan fingerprint density at radius 1 is 1.35 bits per heavy atom. The molecule has 1 aromatic rings. The molecule has 0 bridgehead atoms. The molecule has 3 nitrogen and oxygen atoms in total. The molecule has 0 spiro atoms. The number of halogens is 3. The van der Waals surface area contributed by atoms with Crippen LogP contribution in [0.2, 0.25) is 0 Å². The molecule has 1 amide bonds. The van der Waals surface area contributed by atoms with E-state index in [0.29, 0.717) is 0 Å². The average Bonchev–Trinajstić information content (AvgIpc) is 2.29. The summed E-state index contributed by atoms with van der Waals surface area (Å²) in [5, 5.41) is 0. The number of rotatable bonds is 3. The highest BCUT2D eigenvalue weighted by atomic mass is 35.5. The molecule has 0 N–H and O–H groups in total. The minimum Gasteiger partial charge on any atom is -0.443 e. The zero-order chi connectivity index (χ0) is 15.5. The number of hydrogen-bond acceptors (Lipinski definition) is 2. The quantitative estimate of drug-likeness (QED) is 0.771. The Hall–Kier alpha value is -1.36. The SMILES string of the molecule is CCN(C(=O)OC(C)(C)C)c1c(F)cc(F)cc1CCl. The molecule has 112 valence electrons. The molecule has 0 aliphatic rings. The lowest BCUT2D eigenvalue weighted by molar-refractivity contribution is 0.0581. The molecule has 1 rings (SSSR count). The number of carbonyl (C=O) groups excluding carboxylic acids is 1. The third-order valence-corrected chi connectivity index (χ3v) is 2.74. The van der Waals surface area contributed by atoms with Crippen molar-refractivity contribution in [1.29, 1.82) is 0 Å². The van der Waals surface area contributed by atoms with Crippen LogP contribution in [0, 0.1) is 11.6 Å². The van der Waals surface area contributed by atoms with Gasteiger partial charge in [0.1, 0.15) is 17.2 Å². The van der Waals surface area contributed by atoms with Crippen molar-refractivity contribution in [2.45, 2.75) is 39.2 Å². The van der Waals surface area contributed by atoms with Crippen LogP contribution in [-0.4, -0.2) is 18.2 Å². The van der Waals surface area contributed by atoms with Crippen molar-refractivity contribution >= 4 is 23.4 Å². The smallest absolute Gasteiger partial charge is 0.414 e. The molecular formula is C14H18ClF2NO2. The van der Waals surface area contributed by atoms with Crippen molar-refractivity contribution in [1.82, 2.24) is 0 Å². The van der Waals surface area contributed by atoms with Gasteiger partial charge in [-0.2, -0.15) is 0 Å². The Kier molecular flexibility index (Phi) is 5.34. The van der Waals surface area contributed by atoms with Gasteiger partial charge in [-0.3, -0.25) is 4.90 Å². The van der Waals surface area contributed by atoms with Gasteiger partial charge in [0.05, 0.1) is 5.69 Å². The van der Waals surface area contributed by atoms with Gasteiger partial charge in [-0.25, -0.2) is 13.6 Å². The van der Waals surface area contributed by atoms with E-state index in [4.69, 9.17) is 16.3 Å². The van der Waals surface area contributed by atoms with E-state index in [1.165, 1.54) is 0 Å². The number of anilines is 1. The van der Waals surface area contributed by atoms with Gasteiger partial charge in [-0.15, -0.1) is 11.6 Å². The molecule has 0 fully saturated rings. The summed E-state index contributed by atoms with van der Waals surface area (Å²) >= 11 is 5.70. The molecule has 1 aromatic carbocycles. The number of benzene rings is 1. The van der Waals surface area contributed by atoms with Crippen LogP contribution >= 0.6 is 11.6 Å². The first-order chi connectivity index (χ1) is 9.19. The normalized spacial score (nSPS) is 11.3. The summed E-state index contributed by atoms with van der Waals surface area (Å²) in [6.07, 6.45) is -0.697. The van der Waals surface area contributed by atoms with E-state index < -0.39 is 23.3 Å². The van der Waals surface area contributed by atoms with E-state index in [1.807, 2.05) is 0 Å². The van der Waals surface area contributed by atoms with Gasteiger partial charge in [0.2, 0.25) is 0 Å². The maximum Gasteiger partial charge on any atom is 0.414 e. The van der Waals surface area contributed by atoms with Gasteiger partial charge in [-0.05, 0) is 39.3 Å². The van der Waals surface area contributed by atoms with Crippen molar-refractivity contribution < 1.29 is 18.3 Å². The van der Waals surface area contributed by atoms with Crippen molar-refractivity contribution in [2.24, 2.45) is 0 Å². The molecule has 0 heterocycles. The summed E-state index contributed by atoms with van der Waals surface area (Å²) < 4.78 is 32.4. The number of alkyl halides is 1. The highest BCUT2D eigenvalue weighted by Crippen LogP contribution is 2.28. The summed E-state index contributed by atoms with van der Waals surface area (Å²) in [6.45, 7) is 6.98. The third-order valence-electron chi connectivity index (χ3n) is 2.45. The second-order valence-corrected chi connectivity index (χ2v) is 5.52. The summed E-state index contributed by atoms with van der Waals surface area (Å²) in [5.74, 6) is -1.68. The van der Waals surface area contributed by atoms with Crippen LogP contribution in [0.15, 0.2) is 12.1 Å². The van der Waals surface area contributed by atoms with Gasteiger partial charge < -0.3 is 4.74 Å². The van der Waals surface area contributed by atoms with Gasteiger partial charge in [0, 0.05) is 18.5 Å².